The molecule has 2 N–H and O–H groups in total. The minimum atomic E-state index is -0.278. The molecule has 0 fully saturated rings. The Kier molecular flexibility index (Phi) is 4.80. The summed E-state index contributed by atoms with van der Waals surface area (Å²) in [6.07, 6.45) is 0. The van der Waals surface area contributed by atoms with Crippen molar-refractivity contribution < 1.29 is 13.9 Å². The number of nitrogens with zero attached hydrogens (tertiary/aromatic N) is 2. The number of methoxy groups -OCH3 is 1. The van der Waals surface area contributed by atoms with Crippen LogP contribution in [0.2, 0.25) is 0 Å². The molecule has 4 aromatic rings. The van der Waals surface area contributed by atoms with Crippen LogP contribution < -0.4 is 10.1 Å². The van der Waals surface area contributed by atoms with Crippen LogP contribution in [0.3, 0.4) is 0 Å². The number of furan rings is 1. The van der Waals surface area contributed by atoms with Crippen molar-refractivity contribution in [2.45, 2.75) is 27.3 Å². The Morgan fingerprint density at radius 3 is 2.52 bits per heavy atom. The predicted molar refractivity (Wildman–Crippen MR) is 110 cm³/mol. The third kappa shape index (κ3) is 3.47. The number of hydrogen-bond acceptors (Lipinski definition) is 5. The molecular formula is C22H22N4O3. The highest BCUT2D eigenvalue weighted by atomic mass is 16.5. The van der Waals surface area contributed by atoms with E-state index in [-0.39, 0.29) is 12.5 Å². The monoisotopic (exact) mass is 390 g/mol. The number of H-pyrrole nitrogens is 1. The van der Waals surface area contributed by atoms with E-state index in [2.05, 4.69) is 20.5 Å². The molecule has 29 heavy (non-hydrogen) atoms. The molecule has 0 aliphatic carbocycles. The number of aryl methyl sites for hydroxylation is 3. The van der Waals surface area contributed by atoms with Crippen LogP contribution in [0.1, 0.15) is 33.1 Å². The maximum atomic E-state index is 12.7. The summed E-state index contributed by atoms with van der Waals surface area (Å²) < 4.78 is 11.0. The molecule has 7 nitrogen and oxygen atoms in total. The Morgan fingerprint density at radius 1 is 1.10 bits per heavy atom. The smallest absolute Gasteiger partial charge is 0.287 e. The largest absolute Gasteiger partial charge is 0.497 e. The van der Waals surface area contributed by atoms with E-state index in [0.29, 0.717) is 17.4 Å². The number of benzene rings is 2. The van der Waals surface area contributed by atoms with Crippen LogP contribution in [0.5, 0.6) is 5.75 Å². The number of hydrogen-bond donors (Lipinski definition) is 2. The number of ether oxygens (including phenoxy) is 1. The lowest BCUT2D eigenvalue weighted by atomic mass is 10.0. The highest BCUT2D eigenvalue weighted by Gasteiger charge is 2.20. The maximum Gasteiger partial charge on any atom is 0.287 e. The first-order chi connectivity index (χ1) is 14.0. The summed E-state index contributed by atoms with van der Waals surface area (Å²) in [6, 6.07) is 11.5. The van der Waals surface area contributed by atoms with Gasteiger partial charge in [-0.05, 0) is 56.2 Å². The molecule has 0 saturated carbocycles. The molecule has 0 aliphatic rings. The van der Waals surface area contributed by atoms with E-state index < -0.39 is 0 Å². The fraction of sp³-hybridized carbons (Fsp3) is 0.227. The van der Waals surface area contributed by atoms with Crippen LogP contribution in [0.4, 0.5) is 0 Å². The standard InChI is InChI=1S/C22H22N4O3/c1-12-5-6-13(2)19-18(12)14(3)20(29-19)22(27)23-11-17-24-21(26-25-17)15-7-9-16(28-4)10-8-15/h5-10H,11H2,1-4H3,(H,23,27)(H,24,25,26). The molecule has 0 unspecified atom stereocenters. The SMILES string of the molecule is COc1ccc(-c2n[nH]c(CNC(=O)c3oc4c(C)ccc(C)c4c3C)n2)cc1. The summed E-state index contributed by atoms with van der Waals surface area (Å²) in [4.78, 5) is 17.1. The number of amides is 1. The van der Waals surface area contributed by atoms with Gasteiger partial charge in [-0.3, -0.25) is 9.89 Å². The average Bonchev–Trinajstić information content (AvgIpc) is 3.34. The van der Waals surface area contributed by atoms with Crippen molar-refractivity contribution in [3.05, 3.63) is 64.7 Å². The van der Waals surface area contributed by atoms with Gasteiger partial charge in [-0.15, -0.1) is 0 Å². The molecule has 1 amide bonds. The second-order valence-corrected chi connectivity index (χ2v) is 6.98. The summed E-state index contributed by atoms with van der Waals surface area (Å²) in [5.74, 6) is 1.93. The van der Waals surface area contributed by atoms with E-state index in [1.807, 2.05) is 57.2 Å². The van der Waals surface area contributed by atoms with Gasteiger partial charge in [-0.25, -0.2) is 4.98 Å². The predicted octanol–water partition coefficient (Wildman–Crippen LogP) is 4.08. The van der Waals surface area contributed by atoms with Crippen molar-refractivity contribution >= 4 is 16.9 Å². The van der Waals surface area contributed by atoms with Crippen molar-refractivity contribution in [2.75, 3.05) is 7.11 Å². The van der Waals surface area contributed by atoms with Gasteiger partial charge < -0.3 is 14.5 Å². The van der Waals surface area contributed by atoms with Gasteiger partial charge in [0.05, 0.1) is 13.7 Å². The number of aromatic nitrogens is 3. The topological polar surface area (TPSA) is 93.0 Å². The molecule has 2 aromatic heterocycles. The third-order valence-corrected chi connectivity index (χ3v) is 4.99. The summed E-state index contributed by atoms with van der Waals surface area (Å²) in [5.41, 5.74) is 4.56. The van der Waals surface area contributed by atoms with Crippen LogP contribution in [-0.4, -0.2) is 28.2 Å². The Bertz CT molecular complexity index is 1190. The highest BCUT2D eigenvalue weighted by molar-refractivity contribution is 6.00. The van der Waals surface area contributed by atoms with Gasteiger partial charge in [0.1, 0.15) is 17.2 Å². The lowest BCUT2D eigenvalue weighted by Crippen LogP contribution is -2.23. The van der Waals surface area contributed by atoms with Crippen LogP contribution in [0, 0.1) is 20.8 Å². The minimum Gasteiger partial charge on any atom is -0.497 e. The molecule has 0 radical (unpaired) electrons. The van der Waals surface area contributed by atoms with Gasteiger partial charge in [0.25, 0.3) is 5.91 Å². The molecule has 2 aromatic carbocycles. The van der Waals surface area contributed by atoms with Gasteiger partial charge in [0, 0.05) is 16.5 Å². The number of aromatic amines is 1. The van der Waals surface area contributed by atoms with Gasteiger partial charge in [0.2, 0.25) is 0 Å². The number of carbonyl (C=O) groups excluding carboxylic acids is 1. The quantitative estimate of drug-likeness (QED) is 0.536. The van der Waals surface area contributed by atoms with Crippen LogP contribution in [-0.2, 0) is 6.54 Å². The first-order valence-electron chi connectivity index (χ1n) is 9.31. The van der Waals surface area contributed by atoms with Gasteiger partial charge in [0.15, 0.2) is 11.6 Å². The highest BCUT2D eigenvalue weighted by Crippen LogP contribution is 2.30. The van der Waals surface area contributed by atoms with Crippen molar-refractivity contribution in [1.29, 1.82) is 0 Å². The summed E-state index contributed by atoms with van der Waals surface area (Å²) in [6.45, 7) is 6.11. The fourth-order valence-corrected chi connectivity index (χ4v) is 3.38. The molecule has 4 rings (SSSR count). The number of carbonyl (C=O) groups is 1. The van der Waals surface area contributed by atoms with Crippen molar-refractivity contribution in [2.24, 2.45) is 0 Å². The molecule has 0 atom stereocenters. The van der Waals surface area contributed by atoms with E-state index in [0.717, 1.165) is 39.0 Å². The Balaban J connectivity index is 1.50. The molecule has 0 bridgehead atoms. The van der Waals surface area contributed by atoms with E-state index in [9.17, 15) is 4.79 Å². The van der Waals surface area contributed by atoms with E-state index in [1.54, 1.807) is 7.11 Å². The number of fused-ring (bicyclic) bond motifs is 1. The average molecular weight is 390 g/mol. The van der Waals surface area contributed by atoms with E-state index in [1.165, 1.54) is 0 Å². The zero-order chi connectivity index (χ0) is 20.5. The van der Waals surface area contributed by atoms with Gasteiger partial charge >= 0.3 is 0 Å². The first kappa shape index (κ1) is 18.7. The van der Waals surface area contributed by atoms with Crippen molar-refractivity contribution in [1.82, 2.24) is 20.5 Å². The fourth-order valence-electron chi connectivity index (χ4n) is 3.38. The zero-order valence-electron chi connectivity index (χ0n) is 16.8. The molecular weight excluding hydrogens is 368 g/mol. The normalized spacial score (nSPS) is 11.0. The molecule has 0 spiro atoms. The molecule has 0 aliphatic heterocycles. The Labute approximate surface area is 168 Å². The molecule has 0 saturated heterocycles. The maximum absolute atomic E-state index is 12.7. The van der Waals surface area contributed by atoms with Crippen LogP contribution in [0.25, 0.3) is 22.4 Å². The number of nitrogens with one attached hydrogen (secondary N) is 2. The van der Waals surface area contributed by atoms with Gasteiger partial charge in [-0.1, -0.05) is 12.1 Å². The van der Waals surface area contributed by atoms with E-state index >= 15 is 0 Å². The second-order valence-electron chi connectivity index (χ2n) is 6.98. The van der Waals surface area contributed by atoms with E-state index in [4.69, 9.17) is 9.15 Å². The van der Waals surface area contributed by atoms with Gasteiger partial charge in [-0.2, -0.15) is 5.10 Å². The Morgan fingerprint density at radius 2 is 1.83 bits per heavy atom. The molecule has 7 heteroatoms. The second kappa shape index (κ2) is 7.43. The number of rotatable bonds is 5. The van der Waals surface area contributed by atoms with Crippen molar-refractivity contribution in [3.63, 3.8) is 0 Å². The lowest BCUT2D eigenvalue weighted by Gasteiger charge is -2.01. The zero-order valence-corrected chi connectivity index (χ0v) is 16.8. The van der Waals surface area contributed by atoms with Crippen molar-refractivity contribution in [3.8, 4) is 17.1 Å². The molecule has 148 valence electrons. The summed E-state index contributed by atoms with van der Waals surface area (Å²) in [7, 11) is 1.62. The summed E-state index contributed by atoms with van der Waals surface area (Å²) in [5, 5.41) is 10.9. The summed E-state index contributed by atoms with van der Waals surface area (Å²) >= 11 is 0. The van der Waals surface area contributed by atoms with Crippen LogP contribution in [0.15, 0.2) is 40.8 Å². The van der Waals surface area contributed by atoms with Crippen LogP contribution >= 0.6 is 0 Å². The molecule has 2 heterocycles. The Hall–Kier alpha value is -3.61. The third-order valence-electron chi connectivity index (χ3n) is 4.99. The minimum absolute atomic E-state index is 0.219. The lowest BCUT2D eigenvalue weighted by molar-refractivity contribution is 0.0923. The first-order valence-corrected chi connectivity index (χ1v) is 9.31.